The fourth-order valence-electron chi connectivity index (χ4n) is 2.40. The summed E-state index contributed by atoms with van der Waals surface area (Å²) in [6, 6.07) is 6.48. The Morgan fingerprint density at radius 3 is 2.25 bits per heavy atom. The molecule has 6 N–H and O–H groups in total. The Hall–Kier alpha value is -2.32. The molecule has 1 fully saturated rings. The number of hydrogen-bond donors (Lipinski definition) is 5. The molecule has 0 aromatic heterocycles. The van der Waals surface area contributed by atoms with Gasteiger partial charge in [0.2, 0.25) is 11.8 Å². The van der Waals surface area contributed by atoms with Gasteiger partial charge >= 0.3 is 6.03 Å². The molecule has 1 aliphatic carbocycles. The van der Waals surface area contributed by atoms with Crippen molar-refractivity contribution in [3.05, 3.63) is 29.8 Å². The van der Waals surface area contributed by atoms with E-state index >= 15 is 0 Å². The number of anilines is 1. The van der Waals surface area contributed by atoms with Crippen LogP contribution in [0.15, 0.2) is 24.3 Å². The normalized spacial score (nSPS) is 15.0. The number of nitrogens with two attached hydrogens (primary N) is 1. The predicted molar refractivity (Wildman–Crippen MR) is 111 cm³/mol. The van der Waals surface area contributed by atoms with Gasteiger partial charge in [0.15, 0.2) is 0 Å². The maximum Gasteiger partial charge on any atom is 0.319 e. The molecule has 0 radical (unpaired) electrons. The molecule has 9 heteroatoms. The van der Waals surface area contributed by atoms with Crippen molar-refractivity contribution in [2.45, 2.75) is 51.7 Å². The Morgan fingerprint density at radius 1 is 1.11 bits per heavy atom. The number of urea groups is 1. The summed E-state index contributed by atoms with van der Waals surface area (Å²) in [5, 5.41) is 11.0. The van der Waals surface area contributed by atoms with Crippen LogP contribution in [0.2, 0.25) is 0 Å². The zero-order valence-electron chi connectivity index (χ0n) is 16.5. The highest BCUT2D eigenvalue weighted by atomic mass is 35.5. The Bertz CT molecular complexity index is 677. The minimum Gasteiger partial charge on any atom is -0.348 e. The number of carbonyl (C=O) groups is 3. The van der Waals surface area contributed by atoms with Crippen LogP contribution in [0.5, 0.6) is 0 Å². The molecule has 0 heterocycles. The third-order valence-corrected chi connectivity index (χ3v) is 4.40. The highest BCUT2D eigenvalue weighted by Gasteiger charge is 2.23. The monoisotopic (exact) mass is 411 g/mol. The lowest BCUT2D eigenvalue weighted by molar-refractivity contribution is -0.127. The maximum absolute atomic E-state index is 12.0. The first-order chi connectivity index (χ1) is 12.8. The minimum atomic E-state index is -0.632. The Labute approximate surface area is 171 Å². The van der Waals surface area contributed by atoms with Crippen molar-refractivity contribution in [3.8, 4) is 0 Å². The van der Waals surface area contributed by atoms with Gasteiger partial charge in [-0.3, -0.25) is 9.59 Å². The van der Waals surface area contributed by atoms with Crippen molar-refractivity contribution >= 4 is 35.9 Å². The number of rotatable bonds is 8. The molecule has 8 nitrogen and oxygen atoms in total. The van der Waals surface area contributed by atoms with Crippen molar-refractivity contribution in [2.24, 2.45) is 11.7 Å². The van der Waals surface area contributed by atoms with Crippen LogP contribution in [-0.4, -0.2) is 36.5 Å². The van der Waals surface area contributed by atoms with E-state index in [-0.39, 0.29) is 48.8 Å². The van der Waals surface area contributed by atoms with Gasteiger partial charge in [-0.05, 0) is 43.4 Å². The molecule has 4 amide bonds. The molecular weight excluding hydrogens is 382 g/mol. The first-order valence-electron chi connectivity index (χ1n) is 9.26. The van der Waals surface area contributed by atoms with E-state index < -0.39 is 6.04 Å². The van der Waals surface area contributed by atoms with Crippen molar-refractivity contribution in [1.82, 2.24) is 16.0 Å². The van der Waals surface area contributed by atoms with Gasteiger partial charge in [0.05, 0.1) is 18.6 Å². The summed E-state index contributed by atoms with van der Waals surface area (Å²) in [6.45, 7) is 5.42. The predicted octanol–water partition coefficient (Wildman–Crippen LogP) is 1.67. The lowest BCUT2D eigenvalue weighted by atomic mass is 10.1. The molecule has 1 unspecified atom stereocenters. The molecule has 1 aromatic carbocycles. The summed E-state index contributed by atoms with van der Waals surface area (Å²) in [6.07, 6.45) is 2.07. The molecule has 0 spiro atoms. The molecule has 0 aliphatic heterocycles. The molecule has 2 rings (SSSR count). The molecule has 28 heavy (non-hydrogen) atoms. The maximum atomic E-state index is 12.0. The van der Waals surface area contributed by atoms with Gasteiger partial charge in [-0.2, -0.15) is 0 Å². The van der Waals surface area contributed by atoms with E-state index in [4.69, 9.17) is 5.73 Å². The second-order valence-corrected chi connectivity index (χ2v) is 7.27. The number of carbonyl (C=O) groups excluding carboxylic acids is 3. The molecule has 0 bridgehead atoms. The summed E-state index contributed by atoms with van der Waals surface area (Å²) in [5.41, 5.74) is 7.31. The number of nitrogens with one attached hydrogen (secondary N) is 4. The standard InChI is InChI=1S/C19H29N5O3.ClH/c1-11(2)17(20)18(26)21-10-16(25)22-12(3)13-4-6-14(7-5-13)23-19(27)24-15-8-9-15;/h4-7,11-12,15,17H,8-10,20H2,1-3H3,(H,21,26)(H,22,25)(H2,23,24,27);1H/t12?,17-;/m0./s1. The number of benzene rings is 1. The van der Waals surface area contributed by atoms with E-state index in [1.54, 1.807) is 12.1 Å². The SMILES string of the molecule is CC(NC(=O)CNC(=O)[C@@H](N)C(C)C)c1ccc(NC(=O)NC2CC2)cc1.Cl. The van der Waals surface area contributed by atoms with Crippen LogP contribution in [0.25, 0.3) is 0 Å². The van der Waals surface area contributed by atoms with Crippen LogP contribution in [0.4, 0.5) is 10.5 Å². The summed E-state index contributed by atoms with van der Waals surface area (Å²) < 4.78 is 0. The average Bonchev–Trinajstić information content (AvgIpc) is 3.43. The van der Waals surface area contributed by atoms with Gasteiger partial charge in [-0.15, -0.1) is 12.4 Å². The van der Waals surface area contributed by atoms with Gasteiger partial charge in [0, 0.05) is 11.7 Å². The van der Waals surface area contributed by atoms with Crippen molar-refractivity contribution in [1.29, 1.82) is 0 Å². The van der Waals surface area contributed by atoms with E-state index in [9.17, 15) is 14.4 Å². The van der Waals surface area contributed by atoms with E-state index in [1.165, 1.54) is 0 Å². The zero-order chi connectivity index (χ0) is 20.0. The van der Waals surface area contributed by atoms with Gasteiger partial charge in [0.1, 0.15) is 0 Å². The molecular formula is C19H30ClN5O3. The smallest absolute Gasteiger partial charge is 0.319 e. The van der Waals surface area contributed by atoms with Crippen LogP contribution in [0, 0.1) is 5.92 Å². The van der Waals surface area contributed by atoms with E-state index in [0.717, 1.165) is 18.4 Å². The third-order valence-electron chi connectivity index (χ3n) is 4.40. The number of halogens is 1. The quantitative estimate of drug-likeness (QED) is 0.446. The first-order valence-corrected chi connectivity index (χ1v) is 9.26. The molecule has 1 saturated carbocycles. The molecule has 0 saturated heterocycles. The molecule has 156 valence electrons. The number of hydrogen-bond acceptors (Lipinski definition) is 4. The van der Waals surface area contributed by atoms with Gasteiger partial charge < -0.3 is 27.0 Å². The van der Waals surface area contributed by atoms with Gasteiger partial charge in [-0.25, -0.2) is 4.79 Å². The summed E-state index contributed by atoms with van der Waals surface area (Å²) in [7, 11) is 0. The number of amides is 4. The molecule has 1 aliphatic rings. The van der Waals surface area contributed by atoms with Gasteiger partial charge in [-0.1, -0.05) is 26.0 Å². The average molecular weight is 412 g/mol. The van der Waals surface area contributed by atoms with Crippen LogP contribution < -0.4 is 27.0 Å². The van der Waals surface area contributed by atoms with Crippen LogP contribution in [-0.2, 0) is 9.59 Å². The fourth-order valence-corrected chi connectivity index (χ4v) is 2.40. The van der Waals surface area contributed by atoms with Crippen molar-refractivity contribution in [2.75, 3.05) is 11.9 Å². The fraction of sp³-hybridized carbons (Fsp3) is 0.526. The van der Waals surface area contributed by atoms with Crippen molar-refractivity contribution < 1.29 is 14.4 Å². The molecule has 2 atom stereocenters. The second-order valence-electron chi connectivity index (χ2n) is 7.27. The summed E-state index contributed by atoms with van der Waals surface area (Å²) in [5.74, 6) is -0.629. The zero-order valence-corrected chi connectivity index (χ0v) is 17.3. The first kappa shape index (κ1) is 23.7. The van der Waals surface area contributed by atoms with E-state index in [1.807, 2.05) is 32.9 Å². The highest BCUT2D eigenvalue weighted by Crippen LogP contribution is 2.19. The van der Waals surface area contributed by atoms with Crippen LogP contribution in [0.1, 0.15) is 45.2 Å². The largest absolute Gasteiger partial charge is 0.348 e. The second kappa shape index (κ2) is 10.9. The Kier molecular flexibility index (Phi) is 9.21. The molecule has 1 aromatic rings. The lowest BCUT2D eigenvalue weighted by Gasteiger charge is -2.17. The Morgan fingerprint density at radius 2 is 1.71 bits per heavy atom. The third kappa shape index (κ3) is 7.74. The lowest BCUT2D eigenvalue weighted by Crippen LogP contribution is -2.47. The van der Waals surface area contributed by atoms with Crippen LogP contribution >= 0.6 is 12.4 Å². The topological polar surface area (TPSA) is 125 Å². The summed E-state index contributed by atoms with van der Waals surface area (Å²) >= 11 is 0. The van der Waals surface area contributed by atoms with Crippen LogP contribution in [0.3, 0.4) is 0 Å². The highest BCUT2D eigenvalue weighted by molar-refractivity contribution is 5.89. The van der Waals surface area contributed by atoms with Crippen molar-refractivity contribution in [3.63, 3.8) is 0 Å². The van der Waals surface area contributed by atoms with E-state index in [0.29, 0.717) is 11.7 Å². The minimum absolute atomic E-state index is 0. The Balaban J connectivity index is 0.00000392. The van der Waals surface area contributed by atoms with E-state index in [2.05, 4.69) is 21.3 Å². The van der Waals surface area contributed by atoms with Gasteiger partial charge in [0.25, 0.3) is 0 Å². The summed E-state index contributed by atoms with van der Waals surface area (Å²) in [4.78, 5) is 35.5.